The van der Waals surface area contributed by atoms with Crippen molar-refractivity contribution >= 4 is 28.3 Å². The van der Waals surface area contributed by atoms with Crippen LogP contribution in [-0.4, -0.2) is 47.1 Å². The Bertz CT molecular complexity index is 1230. The van der Waals surface area contributed by atoms with Gasteiger partial charge in [0.25, 0.3) is 5.91 Å². The first-order chi connectivity index (χ1) is 15.5. The third-order valence-electron chi connectivity index (χ3n) is 5.29. The molecular weight excluding hydrogens is 442 g/mol. The first-order valence-electron chi connectivity index (χ1n) is 10.1. The van der Waals surface area contributed by atoms with Gasteiger partial charge in [0.2, 0.25) is 0 Å². The van der Waals surface area contributed by atoms with Crippen LogP contribution < -0.4 is 15.8 Å². The van der Waals surface area contributed by atoms with Gasteiger partial charge in [-0.15, -0.1) is 0 Å². The predicted molar refractivity (Wildman–Crippen MR) is 115 cm³/mol. The molecule has 2 aromatic carbocycles. The Morgan fingerprint density at radius 2 is 1.94 bits per heavy atom. The second-order valence-electron chi connectivity index (χ2n) is 7.81. The van der Waals surface area contributed by atoms with E-state index >= 15 is 0 Å². The lowest BCUT2D eigenvalue weighted by Crippen LogP contribution is -2.51. The fourth-order valence-electron chi connectivity index (χ4n) is 3.67. The number of halogens is 4. The number of rotatable bonds is 5. The minimum absolute atomic E-state index is 0.00307. The Morgan fingerprint density at radius 1 is 1.21 bits per heavy atom. The number of nitrogens with one attached hydrogen (secondary N) is 1. The van der Waals surface area contributed by atoms with Crippen LogP contribution in [0, 0.1) is 6.92 Å². The molecule has 2 heterocycles. The summed E-state index contributed by atoms with van der Waals surface area (Å²) in [7, 11) is 1.40. The number of hydrogen-bond donors (Lipinski definition) is 2. The molecule has 7 nitrogen and oxygen atoms in total. The Balaban J connectivity index is 1.67. The Morgan fingerprint density at radius 3 is 2.58 bits per heavy atom. The summed E-state index contributed by atoms with van der Waals surface area (Å²) >= 11 is 0. The molecule has 174 valence electrons. The molecule has 4 rings (SSSR count). The monoisotopic (exact) mass is 463 g/mol. The number of nitrogens with zero attached hydrogens (tertiary/aromatic N) is 3. The van der Waals surface area contributed by atoms with Gasteiger partial charge in [-0.25, -0.2) is 14.4 Å². The number of anilines is 2. The lowest BCUT2D eigenvalue weighted by atomic mass is 10.1. The minimum atomic E-state index is -4.52. The smallest absolute Gasteiger partial charge is 0.416 e. The summed E-state index contributed by atoms with van der Waals surface area (Å²) in [5, 5.41) is 3.54. The van der Waals surface area contributed by atoms with Crippen LogP contribution in [-0.2, 0) is 12.7 Å². The van der Waals surface area contributed by atoms with E-state index in [0.717, 1.165) is 12.1 Å². The third-order valence-corrected chi connectivity index (χ3v) is 5.29. The molecule has 1 aromatic heterocycles. The van der Waals surface area contributed by atoms with Crippen molar-refractivity contribution in [2.24, 2.45) is 0 Å². The molecule has 0 unspecified atom stereocenters. The molecule has 3 N–H and O–H groups in total. The number of carbonyl (C=O) groups is 1. The zero-order valence-electron chi connectivity index (χ0n) is 17.8. The standard InChI is InChI=1S/C22H21F4N5O2/c1-11-29-18-6-17(21(32)31-9-14(23)10-31)19(33-2)7-16(18)20(30-11)28-8-12-3-13(22(24,25)26)5-15(27)4-12/h3-7,14H,8-10,27H2,1-2H3,(H,28,29,30). The second-order valence-corrected chi connectivity index (χ2v) is 7.81. The Kier molecular flexibility index (Phi) is 5.73. The van der Waals surface area contributed by atoms with Gasteiger partial charge in [-0.2, -0.15) is 13.2 Å². The molecule has 33 heavy (non-hydrogen) atoms. The van der Waals surface area contributed by atoms with Crippen LogP contribution in [0.4, 0.5) is 29.1 Å². The molecule has 1 saturated heterocycles. The molecule has 1 aliphatic heterocycles. The highest BCUT2D eigenvalue weighted by Gasteiger charge is 2.33. The van der Waals surface area contributed by atoms with E-state index in [0.29, 0.717) is 28.1 Å². The number of methoxy groups -OCH3 is 1. The molecule has 0 aliphatic carbocycles. The molecule has 1 fully saturated rings. The number of aromatic nitrogens is 2. The van der Waals surface area contributed by atoms with E-state index in [4.69, 9.17) is 10.5 Å². The van der Waals surface area contributed by atoms with Crippen LogP contribution in [0.1, 0.15) is 27.3 Å². The second kappa shape index (κ2) is 8.38. The number of fused-ring (bicyclic) bond motifs is 1. The summed E-state index contributed by atoms with van der Waals surface area (Å²) < 4.78 is 57.9. The summed E-state index contributed by atoms with van der Waals surface area (Å²) in [4.78, 5) is 22.8. The quantitative estimate of drug-likeness (QED) is 0.440. The molecule has 0 atom stereocenters. The van der Waals surface area contributed by atoms with E-state index < -0.39 is 17.9 Å². The first-order valence-corrected chi connectivity index (χ1v) is 10.1. The van der Waals surface area contributed by atoms with Crippen LogP contribution in [0.5, 0.6) is 5.75 Å². The Labute approximate surface area is 186 Å². The number of likely N-dealkylation sites (tertiary alicyclic amines) is 1. The van der Waals surface area contributed by atoms with E-state index in [1.165, 1.54) is 18.1 Å². The van der Waals surface area contributed by atoms with Crippen molar-refractivity contribution in [3.8, 4) is 5.75 Å². The van der Waals surface area contributed by atoms with Crippen molar-refractivity contribution in [1.29, 1.82) is 0 Å². The van der Waals surface area contributed by atoms with Crippen molar-refractivity contribution < 1.29 is 27.1 Å². The van der Waals surface area contributed by atoms with E-state index in [9.17, 15) is 22.4 Å². The number of ether oxygens (including phenoxy) is 1. The highest BCUT2D eigenvalue weighted by Crippen LogP contribution is 2.33. The topological polar surface area (TPSA) is 93.4 Å². The predicted octanol–water partition coefficient (Wildman–Crippen LogP) is 3.95. The maximum Gasteiger partial charge on any atom is 0.416 e. The zero-order chi connectivity index (χ0) is 23.9. The number of alkyl halides is 4. The molecule has 0 spiro atoms. The summed E-state index contributed by atoms with van der Waals surface area (Å²) in [5.74, 6) is 0.643. The SMILES string of the molecule is COc1cc2c(NCc3cc(N)cc(C(F)(F)F)c3)nc(C)nc2cc1C(=O)N1CC(F)C1. The molecular formula is C22H21F4N5O2. The number of nitrogens with two attached hydrogens (primary N) is 1. The van der Waals surface area contributed by atoms with Gasteiger partial charge in [-0.1, -0.05) is 0 Å². The fraction of sp³-hybridized carbons (Fsp3) is 0.318. The molecule has 3 aromatic rings. The number of nitrogen functional groups attached to an aromatic ring is 1. The van der Waals surface area contributed by atoms with Crippen LogP contribution >= 0.6 is 0 Å². The van der Waals surface area contributed by atoms with Gasteiger partial charge in [0.15, 0.2) is 0 Å². The normalized spacial score (nSPS) is 14.3. The third kappa shape index (κ3) is 4.62. The summed E-state index contributed by atoms with van der Waals surface area (Å²) in [5.41, 5.74) is 5.81. The maximum atomic E-state index is 13.2. The van der Waals surface area contributed by atoms with Crippen molar-refractivity contribution in [1.82, 2.24) is 14.9 Å². The minimum Gasteiger partial charge on any atom is -0.496 e. The van der Waals surface area contributed by atoms with Gasteiger partial charge < -0.3 is 20.7 Å². The molecule has 0 saturated carbocycles. The number of benzene rings is 2. The maximum absolute atomic E-state index is 13.2. The molecule has 1 amide bonds. The van der Waals surface area contributed by atoms with Crippen molar-refractivity contribution in [2.45, 2.75) is 25.8 Å². The van der Waals surface area contributed by atoms with Gasteiger partial charge in [-0.3, -0.25) is 4.79 Å². The van der Waals surface area contributed by atoms with Gasteiger partial charge in [-0.05, 0) is 42.8 Å². The van der Waals surface area contributed by atoms with Crippen LogP contribution in [0.25, 0.3) is 10.9 Å². The lowest BCUT2D eigenvalue weighted by Gasteiger charge is -2.34. The van der Waals surface area contributed by atoms with Crippen molar-refractivity contribution in [3.05, 3.63) is 52.8 Å². The van der Waals surface area contributed by atoms with Gasteiger partial charge in [0.05, 0.1) is 36.8 Å². The first kappa shape index (κ1) is 22.6. The van der Waals surface area contributed by atoms with E-state index in [1.54, 1.807) is 19.1 Å². The van der Waals surface area contributed by atoms with Crippen molar-refractivity contribution in [2.75, 3.05) is 31.2 Å². The van der Waals surface area contributed by atoms with E-state index in [-0.39, 0.29) is 42.5 Å². The molecule has 1 aliphatic rings. The average molecular weight is 463 g/mol. The average Bonchev–Trinajstić information content (AvgIpc) is 2.72. The summed E-state index contributed by atoms with van der Waals surface area (Å²) in [6.45, 7) is 1.72. The number of amides is 1. The highest BCUT2D eigenvalue weighted by atomic mass is 19.4. The highest BCUT2D eigenvalue weighted by molar-refractivity contribution is 6.03. The summed E-state index contributed by atoms with van der Waals surface area (Å²) in [6, 6.07) is 6.46. The van der Waals surface area contributed by atoms with Gasteiger partial charge in [0.1, 0.15) is 23.6 Å². The molecule has 0 bridgehead atoms. The zero-order valence-corrected chi connectivity index (χ0v) is 17.8. The van der Waals surface area contributed by atoms with E-state index in [1.807, 2.05) is 0 Å². The van der Waals surface area contributed by atoms with Gasteiger partial charge in [0, 0.05) is 17.6 Å². The van der Waals surface area contributed by atoms with E-state index in [2.05, 4.69) is 15.3 Å². The van der Waals surface area contributed by atoms with Gasteiger partial charge >= 0.3 is 6.18 Å². The van der Waals surface area contributed by atoms with Crippen LogP contribution in [0.3, 0.4) is 0 Å². The molecule has 0 radical (unpaired) electrons. The number of aryl methyl sites for hydroxylation is 1. The fourth-order valence-corrected chi connectivity index (χ4v) is 3.67. The lowest BCUT2D eigenvalue weighted by molar-refractivity contribution is -0.137. The summed E-state index contributed by atoms with van der Waals surface area (Å²) in [6.07, 6.45) is -5.55. The largest absolute Gasteiger partial charge is 0.496 e. The van der Waals surface area contributed by atoms with Crippen LogP contribution in [0.2, 0.25) is 0 Å². The Hall–Kier alpha value is -3.63. The number of hydrogen-bond acceptors (Lipinski definition) is 6. The molecule has 11 heteroatoms. The van der Waals surface area contributed by atoms with Crippen molar-refractivity contribution in [3.63, 3.8) is 0 Å². The number of carbonyl (C=O) groups excluding carboxylic acids is 1. The van der Waals surface area contributed by atoms with Crippen LogP contribution in [0.15, 0.2) is 30.3 Å².